The Morgan fingerprint density at radius 1 is 1.19 bits per heavy atom. The molecule has 1 aromatic carbocycles. The third kappa shape index (κ3) is 2.60. The molecule has 2 N–H and O–H groups in total. The van der Waals surface area contributed by atoms with E-state index in [9.17, 15) is 0 Å². The summed E-state index contributed by atoms with van der Waals surface area (Å²) in [6.07, 6.45) is 3.89. The van der Waals surface area contributed by atoms with Gasteiger partial charge in [0.15, 0.2) is 0 Å². The maximum atomic E-state index is 6.58. The minimum atomic E-state index is -0.109. The number of nitrogens with two attached hydrogens (primary N) is 1. The van der Waals surface area contributed by atoms with Gasteiger partial charge in [0.05, 0.1) is 6.04 Å². The molecule has 3 heteroatoms. The summed E-state index contributed by atoms with van der Waals surface area (Å²) in [5, 5.41) is 1.15. The lowest BCUT2D eigenvalue weighted by molar-refractivity contribution is 0.0671. The Balaban J connectivity index is 1.91. The van der Waals surface area contributed by atoms with Crippen molar-refractivity contribution < 1.29 is 4.42 Å². The fraction of sp³-hybridized carbons (Fsp3) is 0.556. The van der Waals surface area contributed by atoms with Crippen LogP contribution < -0.4 is 5.73 Å². The molecule has 3 nitrogen and oxygen atoms in total. The third-order valence-electron chi connectivity index (χ3n) is 5.00. The first-order valence-electron chi connectivity index (χ1n) is 8.00. The molecule has 0 amide bonds. The summed E-state index contributed by atoms with van der Waals surface area (Å²) in [5.41, 5.74) is 8.64. The molecule has 21 heavy (non-hydrogen) atoms. The van der Waals surface area contributed by atoms with Gasteiger partial charge < -0.3 is 10.2 Å². The van der Waals surface area contributed by atoms with Crippen LogP contribution in [0.3, 0.4) is 0 Å². The molecule has 1 saturated heterocycles. The van der Waals surface area contributed by atoms with Gasteiger partial charge in [-0.15, -0.1) is 0 Å². The summed E-state index contributed by atoms with van der Waals surface area (Å²) in [4.78, 5) is 2.52. The first kappa shape index (κ1) is 14.6. The quantitative estimate of drug-likeness (QED) is 0.927. The maximum absolute atomic E-state index is 6.58. The Morgan fingerprint density at radius 2 is 1.90 bits per heavy atom. The average Bonchev–Trinajstić information content (AvgIpc) is 2.93. The lowest BCUT2D eigenvalue weighted by Crippen LogP contribution is -2.52. The van der Waals surface area contributed by atoms with E-state index in [2.05, 4.69) is 49.9 Å². The van der Waals surface area contributed by atoms with E-state index >= 15 is 0 Å². The van der Waals surface area contributed by atoms with Crippen LogP contribution in [0.5, 0.6) is 0 Å². The molecule has 0 radical (unpaired) electrons. The molecule has 3 rings (SSSR count). The Hall–Kier alpha value is -1.32. The molecule has 1 atom stereocenters. The van der Waals surface area contributed by atoms with Gasteiger partial charge in [-0.2, -0.15) is 0 Å². The number of furan rings is 1. The summed E-state index contributed by atoms with van der Waals surface area (Å²) >= 11 is 0. The summed E-state index contributed by atoms with van der Waals surface area (Å²) in [6, 6.07) is 8.24. The molecule has 1 aliphatic rings. The van der Waals surface area contributed by atoms with Crippen LogP contribution in [-0.2, 0) is 0 Å². The number of hydrogen-bond acceptors (Lipinski definition) is 3. The zero-order valence-corrected chi connectivity index (χ0v) is 13.4. The van der Waals surface area contributed by atoms with Gasteiger partial charge in [0.2, 0.25) is 0 Å². The average molecular weight is 286 g/mol. The smallest absolute Gasteiger partial charge is 0.137 e. The molecule has 1 aromatic heterocycles. The van der Waals surface area contributed by atoms with Gasteiger partial charge in [-0.05, 0) is 58.3 Å². The van der Waals surface area contributed by atoms with E-state index in [0.717, 1.165) is 29.8 Å². The van der Waals surface area contributed by atoms with Crippen LogP contribution in [-0.4, -0.2) is 23.5 Å². The van der Waals surface area contributed by atoms with Crippen LogP contribution in [0, 0.1) is 6.92 Å². The second kappa shape index (κ2) is 5.47. The maximum Gasteiger partial charge on any atom is 0.137 e. The Morgan fingerprint density at radius 3 is 2.57 bits per heavy atom. The summed E-state index contributed by atoms with van der Waals surface area (Å²) in [5.74, 6) is 0.898. The number of aryl methyl sites for hydroxylation is 1. The van der Waals surface area contributed by atoms with Gasteiger partial charge in [0.1, 0.15) is 11.3 Å². The van der Waals surface area contributed by atoms with Crippen molar-refractivity contribution in [1.29, 1.82) is 0 Å². The molecule has 1 fully saturated rings. The van der Waals surface area contributed by atoms with Crippen molar-refractivity contribution in [3.8, 4) is 0 Å². The molecule has 1 unspecified atom stereocenters. The van der Waals surface area contributed by atoms with E-state index < -0.39 is 0 Å². The number of piperidine rings is 1. The van der Waals surface area contributed by atoms with Gasteiger partial charge in [-0.3, -0.25) is 4.90 Å². The number of hydrogen-bond donors (Lipinski definition) is 1. The SMILES string of the molecule is Cc1cccc2cc(C(N)C(C)(C)N3CCCCC3)oc12. The predicted octanol–water partition coefficient (Wildman–Crippen LogP) is 4.01. The van der Waals surface area contributed by atoms with Crippen molar-refractivity contribution in [1.82, 2.24) is 4.90 Å². The normalized spacial score (nSPS) is 19.0. The van der Waals surface area contributed by atoms with Crippen molar-refractivity contribution in [3.63, 3.8) is 0 Å². The number of likely N-dealkylation sites (tertiary alicyclic amines) is 1. The van der Waals surface area contributed by atoms with Crippen molar-refractivity contribution in [2.45, 2.75) is 51.6 Å². The van der Waals surface area contributed by atoms with Gasteiger partial charge in [-0.1, -0.05) is 24.6 Å². The third-order valence-corrected chi connectivity index (χ3v) is 5.00. The number of para-hydroxylation sites is 1. The highest BCUT2D eigenvalue weighted by molar-refractivity contribution is 5.81. The zero-order valence-electron chi connectivity index (χ0n) is 13.4. The Kier molecular flexibility index (Phi) is 3.80. The molecular formula is C18H26N2O. The second-order valence-electron chi connectivity index (χ2n) is 6.82. The molecule has 1 aliphatic heterocycles. The van der Waals surface area contributed by atoms with Crippen LogP contribution in [0.4, 0.5) is 0 Å². The predicted molar refractivity (Wildman–Crippen MR) is 87.4 cm³/mol. The lowest BCUT2D eigenvalue weighted by Gasteiger charge is -2.43. The lowest BCUT2D eigenvalue weighted by atomic mass is 9.89. The highest BCUT2D eigenvalue weighted by atomic mass is 16.3. The standard InChI is InChI=1S/C18H26N2O/c1-13-8-7-9-14-12-15(21-16(13)14)17(19)18(2,3)20-10-5-4-6-11-20/h7-9,12,17H,4-6,10-11,19H2,1-3H3. The van der Waals surface area contributed by atoms with Crippen molar-refractivity contribution in [2.75, 3.05) is 13.1 Å². The Labute approximate surface area is 127 Å². The van der Waals surface area contributed by atoms with Crippen molar-refractivity contribution in [2.24, 2.45) is 5.73 Å². The van der Waals surface area contributed by atoms with Crippen LogP contribution in [0.1, 0.15) is 50.5 Å². The largest absolute Gasteiger partial charge is 0.459 e. The number of nitrogens with zero attached hydrogens (tertiary/aromatic N) is 1. The monoisotopic (exact) mass is 286 g/mol. The second-order valence-corrected chi connectivity index (χ2v) is 6.82. The molecule has 0 saturated carbocycles. The number of fused-ring (bicyclic) bond motifs is 1. The summed E-state index contributed by atoms with van der Waals surface area (Å²) < 4.78 is 6.09. The van der Waals surface area contributed by atoms with Gasteiger partial charge >= 0.3 is 0 Å². The van der Waals surface area contributed by atoms with E-state index in [1.54, 1.807) is 0 Å². The van der Waals surface area contributed by atoms with Crippen molar-refractivity contribution >= 4 is 11.0 Å². The molecule has 2 aromatic rings. The van der Waals surface area contributed by atoms with E-state index in [1.165, 1.54) is 24.8 Å². The summed E-state index contributed by atoms with van der Waals surface area (Å²) in [6.45, 7) is 8.84. The molecule has 0 bridgehead atoms. The zero-order chi connectivity index (χ0) is 15.0. The molecule has 2 heterocycles. The minimum absolute atomic E-state index is 0.0811. The van der Waals surface area contributed by atoms with Crippen molar-refractivity contribution in [3.05, 3.63) is 35.6 Å². The first-order chi connectivity index (χ1) is 10.00. The number of benzene rings is 1. The highest BCUT2D eigenvalue weighted by Crippen LogP contribution is 2.34. The molecular weight excluding hydrogens is 260 g/mol. The topological polar surface area (TPSA) is 42.4 Å². The highest BCUT2D eigenvalue weighted by Gasteiger charge is 2.36. The van der Waals surface area contributed by atoms with Crippen LogP contribution in [0.15, 0.2) is 28.7 Å². The van der Waals surface area contributed by atoms with Crippen LogP contribution in [0.25, 0.3) is 11.0 Å². The van der Waals surface area contributed by atoms with E-state index in [4.69, 9.17) is 10.2 Å². The minimum Gasteiger partial charge on any atom is -0.459 e. The molecule has 0 spiro atoms. The fourth-order valence-electron chi connectivity index (χ4n) is 3.40. The van der Waals surface area contributed by atoms with E-state index in [-0.39, 0.29) is 11.6 Å². The van der Waals surface area contributed by atoms with Gasteiger partial charge in [-0.25, -0.2) is 0 Å². The molecule has 0 aliphatic carbocycles. The van der Waals surface area contributed by atoms with Gasteiger partial charge in [0, 0.05) is 10.9 Å². The Bertz CT molecular complexity index is 623. The van der Waals surface area contributed by atoms with Crippen LogP contribution in [0.2, 0.25) is 0 Å². The molecule has 114 valence electrons. The fourth-order valence-corrected chi connectivity index (χ4v) is 3.40. The summed E-state index contributed by atoms with van der Waals surface area (Å²) in [7, 11) is 0. The van der Waals surface area contributed by atoms with E-state index in [0.29, 0.717) is 0 Å². The van der Waals surface area contributed by atoms with Gasteiger partial charge in [0.25, 0.3) is 0 Å². The number of rotatable bonds is 3. The van der Waals surface area contributed by atoms with Crippen LogP contribution >= 0.6 is 0 Å². The first-order valence-corrected chi connectivity index (χ1v) is 8.00. The van der Waals surface area contributed by atoms with E-state index in [1.807, 2.05) is 0 Å².